The van der Waals surface area contributed by atoms with E-state index in [2.05, 4.69) is 10.3 Å². The minimum atomic E-state index is -0.143. The number of carbonyl (C=O) groups excluding carboxylic acids is 2. The number of hydrogen-bond donors (Lipinski definition) is 1. The van der Waals surface area contributed by atoms with Gasteiger partial charge in [0.25, 0.3) is 0 Å². The summed E-state index contributed by atoms with van der Waals surface area (Å²) in [5.74, 6) is 0.995. The van der Waals surface area contributed by atoms with E-state index in [0.717, 1.165) is 5.56 Å². The fourth-order valence-electron chi connectivity index (χ4n) is 2.45. The normalized spacial score (nSPS) is 10.5. The summed E-state index contributed by atoms with van der Waals surface area (Å²) in [5.41, 5.74) is 2.14. The Labute approximate surface area is 148 Å². The predicted octanol–water partition coefficient (Wildman–Crippen LogP) is 2.57. The Balaban J connectivity index is 1.91. The fourth-order valence-corrected chi connectivity index (χ4v) is 2.45. The van der Waals surface area contributed by atoms with Crippen LogP contribution in [0.4, 0.5) is 0 Å². The highest BCUT2D eigenvalue weighted by Crippen LogP contribution is 2.21. The van der Waals surface area contributed by atoms with Crippen LogP contribution in [0.1, 0.15) is 31.7 Å². The average Bonchev–Trinajstić information content (AvgIpc) is 3.07. The van der Waals surface area contributed by atoms with Crippen molar-refractivity contribution >= 4 is 11.8 Å². The number of nitrogens with one attached hydrogen (secondary N) is 1. The molecule has 0 atom stereocenters. The first-order valence-electron chi connectivity index (χ1n) is 8.59. The third-order valence-corrected chi connectivity index (χ3v) is 3.89. The summed E-state index contributed by atoms with van der Waals surface area (Å²) in [6, 6.07) is 7.99. The maximum absolute atomic E-state index is 12.3. The SMILES string of the molecule is CCNC(=O)CN(CC)C(=O)CCc1ncc(-c2ccc(C)cc2)o1. The predicted molar refractivity (Wildman–Crippen MR) is 95.9 cm³/mol. The van der Waals surface area contributed by atoms with Gasteiger partial charge >= 0.3 is 0 Å². The second-order valence-electron chi connectivity index (χ2n) is 5.85. The molecule has 0 bridgehead atoms. The standard InChI is InChI=1S/C19H25N3O3/c1-4-20-17(23)13-22(5-2)19(24)11-10-18-21-12-16(25-18)15-8-6-14(3)7-9-15/h6-9,12H,4-5,10-11,13H2,1-3H3,(H,20,23). The molecular weight excluding hydrogens is 318 g/mol. The van der Waals surface area contributed by atoms with Crippen molar-refractivity contribution in [2.75, 3.05) is 19.6 Å². The van der Waals surface area contributed by atoms with Crippen molar-refractivity contribution in [3.05, 3.63) is 41.9 Å². The van der Waals surface area contributed by atoms with Gasteiger partial charge in [0.1, 0.15) is 0 Å². The molecule has 0 unspecified atom stereocenters. The highest BCUT2D eigenvalue weighted by atomic mass is 16.4. The Kier molecular flexibility index (Phi) is 6.74. The summed E-state index contributed by atoms with van der Waals surface area (Å²) < 4.78 is 5.73. The van der Waals surface area contributed by atoms with Crippen molar-refractivity contribution in [1.82, 2.24) is 15.2 Å². The van der Waals surface area contributed by atoms with E-state index in [9.17, 15) is 9.59 Å². The van der Waals surface area contributed by atoms with Gasteiger partial charge in [0.2, 0.25) is 11.8 Å². The quantitative estimate of drug-likeness (QED) is 0.799. The number of carbonyl (C=O) groups is 2. The molecule has 0 aliphatic rings. The van der Waals surface area contributed by atoms with Crippen LogP contribution in [-0.2, 0) is 16.0 Å². The fraction of sp³-hybridized carbons (Fsp3) is 0.421. The zero-order valence-electron chi connectivity index (χ0n) is 15.0. The van der Waals surface area contributed by atoms with Crippen molar-refractivity contribution in [3.8, 4) is 11.3 Å². The van der Waals surface area contributed by atoms with Crippen molar-refractivity contribution in [1.29, 1.82) is 0 Å². The van der Waals surface area contributed by atoms with Gasteiger partial charge in [-0.2, -0.15) is 0 Å². The molecule has 25 heavy (non-hydrogen) atoms. The van der Waals surface area contributed by atoms with E-state index in [1.807, 2.05) is 45.0 Å². The van der Waals surface area contributed by atoms with E-state index in [-0.39, 0.29) is 24.8 Å². The van der Waals surface area contributed by atoms with Crippen LogP contribution in [0.2, 0.25) is 0 Å². The molecule has 0 spiro atoms. The molecule has 1 aromatic carbocycles. The first-order valence-corrected chi connectivity index (χ1v) is 8.59. The summed E-state index contributed by atoms with van der Waals surface area (Å²) in [7, 11) is 0. The zero-order chi connectivity index (χ0) is 18.2. The van der Waals surface area contributed by atoms with E-state index in [1.54, 1.807) is 6.20 Å². The monoisotopic (exact) mass is 343 g/mol. The number of likely N-dealkylation sites (N-methyl/N-ethyl adjacent to an activating group) is 2. The van der Waals surface area contributed by atoms with Gasteiger partial charge in [-0.1, -0.05) is 29.8 Å². The van der Waals surface area contributed by atoms with Crippen LogP contribution in [0.5, 0.6) is 0 Å². The average molecular weight is 343 g/mol. The van der Waals surface area contributed by atoms with Crippen LogP contribution in [0.25, 0.3) is 11.3 Å². The van der Waals surface area contributed by atoms with Gasteiger partial charge in [0, 0.05) is 31.5 Å². The van der Waals surface area contributed by atoms with Gasteiger partial charge in [-0.05, 0) is 20.8 Å². The van der Waals surface area contributed by atoms with E-state index in [0.29, 0.717) is 31.2 Å². The van der Waals surface area contributed by atoms with Crippen LogP contribution >= 0.6 is 0 Å². The number of aromatic nitrogens is 1. The van der Waals surface area contributed by atoms with Gasteiger partial charge in [-0.3, -0.25) is 9.59 Å². The topological polar surface area (TPSA) is 75.4 Å². The summed E-state index contributed by atoms with van der Waals surface area (Å²) >= 11 is 0. The maximum Gasteiger partial charge on any atom is 0.239 e. The summed E-state index contributed by atoms with van der Waals surface area (Å²) in [6.45, 7) is 6.88. The van der Waals surface area contributed by atoms with Crippen molar-refractivity contribution < 1.29 is 14.0 Å². The lowest BCUT2D eigenvalue weighted by molar-refractivity contribution is -0.135. The molecule has 0 aliphatic carbocycles. The van der Waals surface area contributed by atoms with Crippen LogP contribution in [0.3, 0.4) is 0 Å². The van der Waals surface area contributed by atoms with Crippen molar-refractivity contribution in [2.45, 2.75) is 33.6 Å². The van der Waals surface area contributed by atoms with Gasteiger partial charge in [0.05, 0.1) is 12.7 Å². The number of oxazole rings is 1. The molecule has 0 aliphatic heterocycles. The van der Waals surface area contributed by atoms with Crippen LogP contribution in [0.15, 0.2) is 34.9 Å². The number of hydrogen-bond acceptors (Lipinski definition) is 4. The van der Waals surface area contributed by atoms with Crippen LogP contribution in [0, 0.1) is 6.92 Å². The molecule has 6 heteroatoms. The molecule has 0 fully saturated rings. The number of benzene rings is 1. The lowest BCUT2D eigenvalue weighted by atomic mass is 10.1. The van der Waals surface area contributed by atoms with E-state index < -0.39 is 0 Å². The molecule has 1 N–H and O–H groups in total. The summed E-state index contributed by atoms with van der Waals surface area (Å²) in [4.78, 5) is 29.7. The Morgan fingerprint density at radius 1 is 1.20 bits per heavy atom. The van der Waals surface area contributed by atoms with Crippen LogP contribution < -0.4 is 5.32 Å². The largest absolute Gasteiger partial charge is 0.441 e. The summed E-state index contributed by atoms with van der Waals surface area (Å²) in [5, 5.41) is 2.70. The second kappa shape index (κ2) is 9.01. The Morgan fingerprint density at radius 2 is 1.92 bits per heavy atom. The van der Waals surface area contributed by atoms with E-state index in [1.165, 1.54) is 10.5 Å². The molecule has 2 amide bonds. The highest BCUT2D eigenvalue weighted by Gasteiger charge is 2.16. The number of rotatable bonds is 8. The zero-order valence-corrected chi connectivity index (χ0v) is 15.0. The van der Waals surface area contributed by atoms with Crippen LogP contribution in [-0.4, -0.2) is 41.3 Å². The third-order valence-electron chi connectivity index (χ3n) is 3.89. The van der Waals surface area contributed by atoms with Gasteiger partial charge < -0.3 is 14.6 Å². The lowest BCUT2D eigenvalue weighted by Crippen LogP contribution is -2.40. The molecule has 0 saturated carbocycles. The molecular formula is C19H25N3O3. The Bertz CT molecular complexity index is 707. The summed E-state index contributed by atoms with van der Waals surface area (Å²) in [6.07, 6.45) is 2.36. The molecule has 134 valence electrons. The molecule has 0 radical (unpaired) electrons. The first-order chi connectivity index (χ1) is 12.0. The first kappa shape index (κ1) is 18.7. The number of aryl methyl sites for hydroxylation is 2. The highest BCUT2D eigenvalue weighted by molar-refractivity contribution is 5.84. The van der Waals surface area contributed by atoms with Gasteiger partial charge in [-0.15, -0.1) is 0 Å². The molecule has 6 nitrogen and oxygen atoms in total. The van der Waals surface area contributed by atoms with Gasteiger partial charge in [0.15, 0.2) is 11.7 Å². The molecule has 2 rings (SSSR count). The molecule has 1 aromatic heterocycles. The Hall–Kier alpha value is -2.63. The van der Waals surface area contributed by atoms with Crippen molar-refractivity contribution in [3.63, 3.8) is 0 Å². The van der Waals surface area contributed by atoms with E-state index >= 15 is 0 Å². The van der Waals surface area contributed by atoms with E-state index in [4.69, 9.17) is 4.42 Å². The van der Waals surface area contributed by atoms with Crippen molar-refractivity contribution in [2.24, 2.45) is 0 Å². The molecule has 2 aromatic rings. The smallest absolute Gasteiger partial charge is 0.239 e. The second-order valence-corrected chi connectivity index (χ2v) is 5.85. The molecule has 0 saturated heterocycles. The minimum absolute atomic E-state index is 0.0798. The maximum atomic E-state index is 12.3. The van der Waals surface area contributed by atoms with Gasteiger partial charge in [-0.25, -0.2) is 4.98 Å². The number of nitrogens with zero attached hydrogens (tertiary/aromatic N) is 2. The lowest BCUT2D eigenvalue weighted by Gasteiger charge is -2.19. The third kappa shape index (κ3) is 5.45. The Morgan fingerprint density at radius 3 is 2.56 bits per heavy atom. The number of amides is 2. The molecule has 1 heterocycles. The minimum Gasteiger partial charge on any atom is -0.441 e.